The van der Waals surface area contributed by atoms with E-state index in [4.69, 9.17) is 4.74 Å². The third kappa shape index (κ3) is 3.47. The molecule has 3 heterocycles. The van der Waals surface area contributed by atoms with Crippen LogP contribution < -0.4 is 9.64 Å². The number of Topliss-reactive ketones (excluding diaryl/α,β-unsaturated/α-hetero) is 1. The number of H-pyrrole nitrogens is 1. The van der Waals surface area contributed by atoms with Crippen LogP contribution in [-0.4, -0.2) is 33.4 Å². The molecule has 1 aliphatic heterocycles. The minimum atomic E-state index is -0.809. The molecule has 2 N–H and O–H groups in total. The fourth-order valence-electron chi connectivity index (χ4n) is 4.45. The molecule has 1 amide bonds. The molecule has 8 heteroatoms. The second kappa shape index (κ2) is 8.46. The Morgan fingerprint density at radius 3 is 2.59 bits per heavy atom. The van der Waals surface area contributed by atoms with E-state index in [9.17, 15) is 14.7 Å². The van der Waals surface area contributed by atoms with Gasteiger partial charge in [-0.15, -0.1) is 11.3 Å². The van der Waals surface area contributed by atoms with Gasteiger partial charge in [0.05, 0.1) is 33.8 Å². The van der Waals surface area contributed by atoms with Crippen LogP contribution in [0.4, 0.5) is 5.69 Å². The van der Waals surface area contributed by atoms with E-state index in [0.29, 0.717) is 28.6 Å². The average Bonchev–Trinajstić information content (AvgIpc) is 3.48. The second-order valence-electron chi connectivity index (χ2n) is 8.03. The molecule has 5 rings (SSSR count). The number of aliphatic hydroxyl groups excluding tert-OH is 1. The summed E-state index contributed by atoms with van der Waals surface area (Å²) in [5.74, 6) is -0.884. The van der Waals surface area contributed by atoms with Crippen LogP contribution >= 0.6 is 11.3 Å². The van der Waals surface area contributed by atoms with E-state index in [2.05, 4.69) is 9.97 Å². The third-order valence-corrected chi connectivity index (χ3v) is 6.98. The minimum absolute atomic E-state index is 0.0513. The first-order chi connectivity index (χ1) is 16.4. The summed E-state index contributed by atoms with van der Waals surface area (Å²) in [5.41, 5.74) is 2.78. The molecule has 1 atom stereocenters. The van der Waals surface area contributed by atoms with E-state index < -0.39 is 23.5 Å². The normalized spacial score (nSPS) is 16.0. The number of carbonyl (C=O) groups is 2. The number of carbonyl (C=O) groups excluding carboxylic acids is 2. The summed E-state index contributed by atoms with van der Waals surface area (Å²) in [7, 11) is 0. The van der Waals surface area contributed by atoms with E-state index in [1.165, 1.54) is 16.2 Å². The van der Waals surface area contributed by atoms with Gasteiger partial charge in [-0.25, -0.2) is 4.98 Å². The van der Waals surface area contributed by atoms with E-state index in [1.807, 2.05) is 38.1 Å². The minimum Gasteiger partial charge on any atom is -0.503 e. The van der Waals surface area contributed by atoms with Crippen molar-refractivity contribution in [2.75, 3.05) is 11.5 Å². The van der Waals surface area contributed by atoms with Gasteiger partial charge < -0.3 is 14.8 Å². The van der Waals surface area contributed by atoms with E-state index in [1.54, 1.807) is 37.4 Å². The standard InChI is InChI=1S/C26H23N3O4S/c1-4-33-17-11-9-16(10-12-17)29-22(19-13-27-20-8-6-5-7-18(19)20)21(24(31)26(29)32)23(30)25-14(2)28-15(3)34-25/h5-13,22,27,31H,4H2,1-3H3. The highest BCUT2D eigenvalue weighted by Gasteiger charge is 2.46. The van der Waals surface area contributed by atoms with E-state index in [-0.39, 0.29) is 5.57 Å². The fraction of sp³-hybridized carbons (Fsp3) is 0.192. The Kier molecular flexibility index (Phi) is 5.45. The second-order valence-corrected chi connectivity index (χ2v) is 9.24. The fourth-order valence-corrected chi connectivity index (χ4v) is 5.33. The van der Waals surface area contributed by atoms with Gasteiger partial charge in [0.25, 0.3) is 5.91 Å². The lowest BCUT2D eigenvalue weighted by molar-refractivity contribution is -0.117. The summed E-state index contributed by atoms with van der Waals surface area (Å²) in [4.78, 5) is 36.6. The van der Waals surface area contributed by atoms with Crippen molar-refractivity contribution in [3.8, 4) is 5.75 Å². The Morgan fingerprint density at radius 2 is 1.91 bits per heavy atom. The molecule has 4 aromatic rings. The van der Waals surface area contributed by atoms with Gasteiger partial charge in [0.15, 0.2) is 5.76 Å². The molecule has 2 aromatic heterocycles. The number of hydrogen-bond donors (Lipinski definition) is 2. The number of fused-ring (bicyclic) bond motifs is 1. The summed E-state index contributed by atoms with van der Waals surface area (Å²) in [6, 6.07) is 13.9. The molecule has 0 bridgehead atoms. The zero-order valence-electron chi connectivity index (χ0n) is 19.0. The molecule has 34 heavy (non-hydrogen) atoms. The van der Waals surface area contributed by atoms with Gasteiger partial charge in [-0.1, -0.05) is 18.2 Å². The zero-order chi connectivity index (χ0) is 24.0. The van der Waals surface area contributed by atoms with Crippen LogP contribution in [0.1, 0.15) is 38.9 Å². The Bertz CT molecular complexity index is 1450. The quantitative estimate of drug-likeness (QED) is 0.365. The SMILES string of the molecule is CCOc1ccc(N2C(=O)C(O)=C(C(=O)c3sc(C)nc3C)C2c2c[nH]c3ccccc23)cc1. The number of benzene rings is 2. The monoisotopic (exact) mass is 473 g/mol. The Labute approximate surface area is 200 Å². The molecule has 0 radical (unpaired) electrons. The molecule has 0 saturated heterocycles. The lowest BCUT2D eigenvalue weighted by Crippen LogP contribution is -2.31. The van der Waals surface area contributed by atoms with Crippen LogP contribution in [0, 0.1) is 13.8 Å². The number of ether oxygens (including phenoxy) is 1. The maximum absolute atomic E-state index is 13.7. The molecule has 1 unspecified atom stereocenters. The highest BCUT2D eigenvalue weighted by Crippen LogP contribution is 2.44. The van der Waals surface area contributed by atoms with Crippen LogP contribution in [0.2, 0.25) is 0 Å². The number of hydrogen-bond acceptors (Lipinski definition) is 6. The Hall–Kier alpha value is -3.91. The van der Waals surface area contributed by atoms with E-state index >= 15 is 0 Å². The molecule has 0 saturated carbocycles. The number of para-hydroxylation sites is 1. The molecule has 2 aromatic carbocycles. The number of nitrogens with one attached hydrogen (secondary N) is 1. The molecule has 7 nitrogen and oxygen atoms in total. The van der Waals surface area contributed by atoms with Crippen molar-refractivity contribution in [1.82, 2.24) is 9.97 Å². The first kappa shape index (κ1) is 21.9. The van der Waals surface area contributed by atoms with Gasteiger partial charge in [-0.05, 0) is 51.1 Å². The summed E-state index contributed by atoms with van der Waals surface area (Å²) in [6.45, 7) is 6.00. The lowest BCUT2D eigenvalue weighted by atomic mass is 9.94. The first-order valence-corrected chi connectivity index (χ1v) is 11.8. The van der Waals surface area contributed by atoms with Crippen molar-refractivity contribution >= 4 is 39.6 Å². The lowest BCUT2D eigenvalue weighted by Gasteiger charge is -2.26. The number of anilines is 1. The van der Waals surface area contributed by atoms with Crippen molar-refractivity contribution in [1.29, 1.82) is 0 Å². The van der Waals surface area contributed by atoms with Gasteiger partial charge in [-0.3, -0.25) is 14.5 Å². The molecule has 1 aliphatic rings. The predicted molar refractivity (Wildman–Crippen MR) is 132 cm³/mol. The number of aryl methyl sites for hydroxylation is 2. The topological polar surface area (TPSA) is 95.5 Å². The van der Waals surface area contributed by atoms with Gasteiger partial charge in [0.2, 0.25) is 5.78 Å². The summed E-state index contributed by atoms with van der Waals surface area (Å²) in [6.07, 6.45) is 1.79. The van der Waals surface area contributed by atoms with Crippen molar-refractivity contribution in [3.05, 3.63) is 87.2 Å². The largest absolute Gasteiger partial charge is 0.503 e. The molecule has 0 fully saturated rings. The van der Waals surface area contributed by atoms with Crippen molar-refractivity contribution in [2.24, 2.45) is 0 Å². The van der Waals surface area contributed by atoms with E-state index in [0.717, 1.165) is 21.5 Å². The summed E-state index contributed by atoms with van der Waals surface area (Å²) in [5, 5.41) is 12.6. The van der Waals surface area contributed by atoms with Crippen LogP contribution in [0.5, 0.6) is 5.75 Å². The third-order valence-electron chi connectivity index (χ3n) is 5.90. The number of ketones is 1. The summed E-state index contributed by atoms with van der Waals surface area (Å²) >= 11 is 1.26. The zero-order valence-corrected chi connectivity index (χ0v) is 19.8. The smallest absolute Gasteiger partial charge is 0.294 e. The molecule has 172 valence electrons. The van der Waals surface area contributed by atoms with Crippen molar-refractivity contribution in [3.63, 3.8) is 0 Å². The maximum atomic E-state index is 13.7. The number of amides is 1. The number of aromatic nitrogens is 2. The Morgan fingerprint density at radius 1 is 1.18 bits per heavy atom. The highest BCUT2D eigenvalue weighted by atomic mass is 32.1. The van der Waals surface area contributed by atoms with Gasteiger partial charge >= 0.3 is 0 Å². The number of aromatic amines is 1. The highest BCUT2D eigenvalue weighted by molar-refractivity contribution is 7.14. The Balaban J connectivity index is 1.69. The van der Waals surface area contributed by atoms with Crippen LogP contribution in [0.15, 0.2) is 66.1 Å². The van der Waals surface area contributed by atoms with Crippen molar-refractivity contribution in [2.45, 2.75) is 26.8 Å². The number of aliphatic hydroxyl groups is 1. The molecule has 0 aliphatic carbocycles. The predicted octanol–water partition coefficient (Wildman–Crippen LogP) is 5.42. The number of nitrogens with zero attached hydrogens (tertiary/aromatic N) is 2. The summed E-state index contributed by atoms with van der Waals surface area (Å²) < 4.78 is 5.53. The van der Waals surface area contributed by atoms with Gasteiger partial charge in [0, 0.05) is 28.4 Å². The average molecular weight is 474 g/mol. The first-order valence-electron chi connectivity index (χ1n) is 10.9. The number of rotatable bonds is 6. The molecule has 0 spiro atoms. The van der Waals surface area contributed by atoms with Gasteiger partial charge in [-0.2, -0.15) is 0 Å². The molecular formula is C26H23N3O4S. The molecular weight excluding hydrogens is 450 g/mol. The maximum Gasteiger partial charge on any atom is 0.294 e. The van der Waals surface area contributed by atoms with Crippen LogP contribution in [-0.2, 0) is 4.79 Å². The van der Waals surface area contributed by atoms with Crippen LogP contribution in [0.25, 0.3) is 10.9 Å². The number of thiazole rings is 1. The van der Waals surface area contributed by atoms with Crippen LogP contribution in [0.3, 0.4) is 0 Å². The van der Waals surface area contributed by atoms with Gasteiger partial charge in [0.1, 0.15) is 5.75 Å². The van der Waals surface area contributed by atoms with Crippen molar-refractivity contribution < 1.29 is 19.4 Å².